The summed E-state index contributed by atoms with van der Waals surface area (Å²) in [5.41, 5.74) is 0. The zero-order valence-corrected chi connectivity index (χ0v) is 11.5. The number of likely N-dealkylation sites (N-methyl/N-ethyl adjacent to an activating group) is 1. The maximum atomic E-state index is 5.68. The first-order chi connectivity index (χ1) is 8.35. The highest BCUT2D eigenvalue weighted by Crippen LogP contribution is 2.25. The lowest BCUT2D eigenvalue weighted by Crippen LogP contribution is -2.54. The van der Waals surface area contributed by atoms with Gasteiger partial charge >= 0.3 is 0 Å². The average Bonchev–Trinajstić information content (AvgIpc) is 2.79. The molecule has 3 nitrogen and oxygen atoms in total. The van der Waals surface area contributed by atoms with E-state index in [1.807, 2.05) is 0 Å². The molecule has 3 heteroatoms. The summed E-state index contributed by atoms with van der Waals surface area (Å²) < 4.78 is 5.68. The zero-order valence-electron chi connectivity index (χ0n) is 11.5. The summed E-state index contributed by atoms with van der Waals surface area (Å²) in [5.74, 6) is 0.934. The van der Waals surface area contributed by atoms with Crippen LogP contribution in [0.5, 0.6) is 0 Å². The number of likely N-dealkylation sites (tertiary alicyclic amines) is 1. The number of ether oxygens (including phenoxy) is 1. The predicted molar refractivity (Wildman–Crippen MR) is 71.3 cm³/mol. The van der Waals surface area contributed by atoms with Crippen LogP contribution in [-0.2, 0) is 4.74 Å². The van der Waals surface area contributed by atoms with Crippen LogP contribution in [0.4, 0.5) is 0 Å². The summed E-state index contributed by atoms with van der Waals surface area (Å²) in [4.78, 5) is 2.67. The van der Waals surface area contributed by atoms with Crippen LogP contribution in [0.2, 0.25) is 0 Å². The molecular formula is C14H28N2O. The molecule has 3 atom stereocenters. The minimum atomic E-state index is 0.616. The molecule has 2 heterocycles. The number of hydrogen-bond donors (Lipinski definition) is 1. The topological polar surface area (TPSA) is 24.5 Å². The first-order valence-corrected chi connectivity index (χ1v) is 7.40. The van der Waals surface area contributed by atoms with E-state index in [1.165, 1.54) is 38.8 Å². The van der Waals surface area contributed by atoms with Gasteiger partial charge in [0.15, 0.2) is 0 Å². The van der Waals surface area contributed by atoms with Crippen molar-refractivity contribution in [1.82, 2.24) is 10.2 Å². The SMILES string of the molecule is CCCC1CCN(C2COCCC2NCC)C1. The van der Waals surface area contributed by atoms with E-state index in [0.717, 1.165) is 25.7 Å². The van der Waals surface area contributed by atoms with Crippen molar-refractivity contribution in [3.05, 3.63) is 0 Å². The Morgan fingerprint density at radius 1 is 1.29 bits per heavy atom. The van der Waals surface area contributed by atoms with Crippen molar-refractivity contribution in [2.45, 2.75) is 51.6 Å². The Morgan fingerprint density at radius 2 is 2.18 bits per heavy atom. The van der Waals surface area contributed by atoms with Gasteiger partial charge in [-0.2, -0.15) is 0 Å². The second-order valence-corrected chi connectivity index (χ2v) is 5.53. The smallest absolute Gasteiger partial charge is 0.0637 e. The van der Waals surface area contributed by atoms with Crippen molar-refractivity contribution >= 4 is 0 Å². The van der Waals surface area contributed by atoms with Crippen molar-refractivity contribution in [3.8, 4) is 0 Å². The third-order valence-electron chi connectivity index (χ3n) is 4.28. The largest absolute Gasteiger partial charge is 0.380 e. The van der Waals surface area contributed by atoms with Crippen LogP contribution in [0.3, 0.4) is 0 Å². The summed E-state index contributed by atoms with van der Waals surface area (Å²) in [7, 11) is 0. The van der Waals surface area contributed by atoms with E-state index in [4.69, 9.17) is 4.74 Å². The van der Waals surface area contributed by atoms with Crippen molar-refractivity contribution < 1.29 is 4.74 Å². The van der Waals surface area contributed by atoms with E-state index in [1.54, 1.807) is 0 Å². The maximum Gasteiger partial charge on any atom is 0.0637 e. The molecule has 0 aliphatic carbocycles. The Kier molecular flexibility index (Phi) is 5.26. The second kappa shape index (κ2) is 6.72. The van der Waals surface area contributed by atoms with Gasteiger partial charge in [0, 0.05) is 25.2 Å². The summed E-state index contributed by atoms with van der Waals surface area (Å²) in [6, 6.07) is 1.26. The number of nitrogens with one attached hydrogen (secondary N) is 1. The highest BCUT2D eigenvalue weighted by Gasteiger charge is 2.34. The Labute approximate surface area is 106 Å². The summed E-state index contributed by atoms with van der Waals surface area (Å²) in [6.07, 6.45) is 5.29. The molecule has 1 N–H and O–H groups in total. The average molecular weight is 240 g/mol. The quantitative estimate of drug-likeness (QED) is 0.794. The molecule has 0 aromatic heterocycles. The van der Waals surface area contributed by atoms with Crippen LogP contribution in [0.1, 0.15) is 39.5 Å². The van der Waals surface area contributed by atoms with Crippen LogP contribution in [-0.4, -0.2) is 49.8 Å². The van der Waals surface area contributed by atoms with Gasteiger partial charge in [-0.05, 0) is 38.3 Å². The molecular weight excluding hydrogens is 212 g/mol. The van der Waals surface area contributed by atoms with Crippen LogP contribution in [0.15, 0.2) is 0 Å². The molecule has 2 aliphatic rings. The fourth-order valence-corrected chi connectivity index (χ4v) is 3.39. The molecule has 100 valence electrons. The van der Waals surface area contributed by atoms with Crippen molar-refractivity contribution in [2.75, 3.05) is 32.8 Å². The van der Waals surface area contributed by atoms with E-state index in [2.05, 4.69) is 24.1 Å². The van der Waals surface area contributed by atoms with Crippen molar-refractivity contribution in [1.29, 1.82) is 0 Å². The standard InChI is InChI=1S/C14H28N2O/c1-3-5-12-6-8-16(10-12)14-11-17-9-7-13(14)15-4-2/h12-15H,3-11H2,1-2H3. The number of rotatable bonds is 5. The van der Waals surface area contributed by atoms with Gasteiger partial charge in [0.2, 0.25) is 0 Å². The molecule has 0 aromatic rings. The number of hydrogen-bond acceptors (Lipinski definition) is 3. The van der Waals surface area contributed by atoms with Gasteiger partial charge in [0.05, 0.1) is 6.61 Å². The van der Waals surface area contributed by atoms with Gasteiger partial charge in [-0.3, -0.25) is 4.90 Å². The summed E-state index contributed by atoms with van der Waals surface area (Å²) in [5, 5.41) is 3.64. The van der Waals surface area contributed by atoms with Gasteiger partial charge < -0.3 is 10.1 Å². The molecule has 3 unspecified atom stereocenters. The van der Waals surface area contributed by atoms with E-state index in [-0.39, 0.29) is 0 Å². The normalized spacial score (nSPS) is 35.3. The number of nitrogens with zero attached hydrogens (tertiary/aromatic N) is 1. The molecule has 17 heavy (non-hydrogen) atoms. The lowest BCUT2D eigenvalue weighted by Gasteiger charge is -2.38. The minimum absolute atomic E-state index is 0.616. The molecule has 0 saturated carbocycles. The van der Waals surface area contributed by atoms with Crippen LogP contribution in [0, 0.1) is 5.92 Å². The van der Waals surface area contributed by atoms with Crippen LogP contribution >= 0.6 is 0 Å². The Bertz CT molecular complexity index is 220. The predicted octanol–water partition coefficient (Wildman–Crippen LogP) is 1.88. The van der Waals surface area contributed by atoms with Crippen molar-refractivity contribution in [3.63, 3.8) is 0 Å². The Morgan fingerprint density at radius 3 is 2.94 bits per heavy atom. The lowest BCUT2D eigenvalue weighted by molar-refractivity contribution is 0.00425. The fraction of sp³-hybridized carbons (Fsp3) is 1.00. The Balaban J connectivity index is 1.86. The van der Waals surface area contributed by atoms with E-state index < -0.39 is 0 Å². The van der Waals surface area contributed by atoms with Gasteiger partial charge in [0.25, 0.3) is 0 Å². The van der Waals surface area contributed by atoms with Gasteiger partial charge in [0.1, 0.15) is 0 Å². The lowest BCUT2D eigenvalue weighted by atomic mass is 10.0. The highest BCUT2D eigenvalue weighted by molar-refractivity contribution is 4.90. The maximum absolute atomic E-state index is 5.68. The molecule has 2 fully saturated rings. The Hall–Kier alpha value is -0.120. The van der Waals surface area contributed by atoms with Gasteiger partial charge in [-0.1, -0.05) is 20.3 Å². The molecule has 2 aliphatic heterocycles. The van der Waals surface area contributed by atoms with Crippen molar-refractivity contribution in [2.24, 2.45) is 5.92 Å². The highest BCUT2D eigenvalue weighted by atomic mass is 16.5. The minimum Gasteiger partial charge on any atom is -0.380 e. The van der Waals surface area contributed by atoms with E-state index >= 15 is 0 Å². The molecule has 2 rings (SSSR count). The zero-order chi connectivity index (χ0) is 12.1. The van der Waals surface area contributed by atoms with E-state index in [9.17, 15) is 0 Å². The monoisotopic (exact) mass is 240 g/mol. The van der Waals surface area contributed by atoms with E-state index in [0.29, 0.717) is 12.1 Å². The molecule has 0 amide bonds. The van der Waals surface area contributed by atoms with Gasteiger partial charge in [-0.15, -0.1) is 0 Å². The van der Waals surface area contributed by atoms with Crippen LogP contribution in [0.25, 0.3) is 0 Å². The molecule has 0 spiro atoms. The molecule has 0 bridgehead atoms. The first kappa shape index (κ1) is 13.3. The molecule has 0 aromatic carbocycles. The summed E-state index contributed by atoms with van der Waals surface area (Å²) >= 11 is 0. The van der Waals surface area contributed by atoms with Crippen LogP contribution < -0.4 is 5.32 Å². The second-order valence-electron chi connectivity index (χ2n) is 5.53. The third-order valence-corrected chi connectivity index (χ3v) is 4.28. The third kappa shape index (κ3) is 3.43. The fourth-order valence-electron chi connectivity index (χ4n) is 3.39. The first-order valence-electron chi connectivity index (χ1n) is 7.40. The molecule has 2 saturated heterocycles. The summed E-state index contributed by atoms with van der Waals surface area (Å²) in [6.45, 7) is 10.0. The molecule has 0 radical (unpaired) electrons. The van der Waals surface area contributed by atoms with Gasteiger partial charge in [-0.25, -0.2) is 0 Å².